The maximum atomic E-state index is 12.9. The van der Waals surface area contributed by atoms with E-state index in [0.29, 0.717) is 6.07 Å². The van der Waals surface area contributed by atoms with Gasteiger partial charge in [-0.25, -0.2) is 0 Å². The van der Waals surface area contributed by atoms with Gasteiger partial charge in [-0.2, -0.15) is 13.2 Å². The number of pyridine rings is 1. The molecule has 1 heterocycles. The van der Waals surface area contributed by atoms with Gasteiger partial charge < -0.3 is 9.47 Å². The van der Waals surface area contributed by atoms with Crippen molar-refractivity contribution in [3.8, 4) is 0 Å². The quantitative estimate of drug-likeness (QED) is 0.699. The number of rotatable bonds is 4. The molecule has 0 aliphatic carbocycles. The van der Waals surface area contributed by atoms with Crippen molar-refractivity contribution >= 4 is 16.7 Å². The van der Waals surface area contributed by atoms with E-state index in [1.165, 1.54) is 11.1 Å². The van der Waals surface area contributed by atoms with Crippen LogP contribution in [0.25, 0.3) is 10.8 Å². The summed E-state index contributed by atoms with van der Waals surface area (Å²) in [6.45, 7) is -0.169. The molecule has 1 amide bonds. The second-order valence-corrected chi connectivity index (χ2v) is 6.24. The van der Waals surface area contributed by atoms with Gasteiger partial charge >= 0.3 is 6.18 Å². The van der Waals surface area contributed by atoms with E-state index in [1.54, 1.807) is 7.05 Å². The van der Waals surface area contributed by atoms with Crippen LogP contribution in [-0.2, 0) is 24.1 Å². The highest BCUT2D eigenvalue weighted by Crippen LogP contribution is 2.26. The van der Waals surface area contributed by atoms with Gasteiger partial charge in [-0.15, -0.1) is 0 Å². The van der Waals surface area contributed by atoms with E-state index in [9.17, 15) is 22.8 Å². The molecular formula is C20H17F3N2O2. The van der Waals surface area contributed by atoms with Gasteiger partial charge in [0.1, 0.15) is 12.1 Å². The molecule has 0 unspecified atom stereocenters. The van der Waals surface area contributed by atoms with E-state index in [-0.39, 0.29) is 6.54 Å². The number of carbonyl (C=O) groups is 1. The lowest BCUT2D eigenvalue weighted by Gasteiger charge is -2.19. The van der Waals surface area contributed by atoms with E-state index in [0.717, 1.165) is 27.0 Å². The zero-order valence-electron chi connectivity index (χ0n) is 14.5. The number of amides is 1. The number of halogens is 3. The molecule has 7 heteroatoms. The van der Waals surface area contributed by atoms with Crippen LogP contribution in [0.1, 0.15) is 11.1 Å². The molecule has 0 N–H and O–H groups in total. The van der Waals surface area contributed by atoms with Crippen molar-refractivity contribution < 1.29 is 18.0 Å². The molecule has 3 rings (SSSR count). The van der Waals surface area contributed by atoms with Gasteiger partial charge in [-0.3, -0.25) is 9.59 Å². The number of nitrogens with zero attached hydrogens (tertiary/aromatic N) is 2. The van der Waals surface area contributed by atoms with Crippen LogP contribution in [0, 0.1) is 0 Å². The summed E-state index contributed by atoms with van der Waals surface area (Å²) >= 11 is 0. The smallest absolute Gasteiger partial charge is 0.340 e. The van der Waals surface area contributed by atoms with E-state index >= 15 is 0 Å². The maximum Gasteiger partial charge on any atom is 0.421 e. The van der Waals surface area contributed by atoms with Crippen LogP contribution in [0.4, 0.5) is 13.2 Å². The minimum absolute atomic E-state index is 0.286. The Kier molecular flexibility index (Phi) is 5.03. The molecule has 0 fully saturated rings. The molecule has 4 nitrogen and oxygen atoms in total. The molecule has 0 spiro atoms. The number of likely N-dealkylation sites (N-methyl/N-ethyl adjacent to an activating group) is 1. The largest absolute Gasteiger partial charge is 0.421 e. The molecule has 3 aromatic rings. The SMILES string of the molecule is CN(Cc1cccc2ccccc12)C(=O)Cn1cccc(C(F)(F)F)c1=O. The van der Waals surface area contributed by atoms with Gasteiger partial charge in [-0.05, 0) is 28.5 Å². The minimum atomic E-state index is -4.75. The van der Waals surface area contributed by atoms with Crippen molar-refractivity contribution in [1.29, 1.82) is 0 Å². The van der Waals surface area contributed by atoms with Crippen LogP contribution in [0.3, 0.4) is 0 Å². The molecule has 1 aromatic heterocycles. The second-order valence-electron chi connectivity index (χ2n) is 6.24. The molecule has 0 radical (unpaired) electrons. The molecule has 0 aliphatic rings. The van der Waals surface area contributed by atoms with E-state index in [2.05, 4.69) is 0 Å². The minimum Gasteiger partial charge on any atom is -0.340 e. The Hall–Kier alpha value is -3.09. The van der Waals surface area contributed by atoms with Crippen molar-refractivity contribution in [3.05, 3.63) is 82.3 Å². The van der Waals surface area contributed by atoms with E-state index in [4.69, 9.17) is 0 Å². The summed E-state index contributed by atoms with van der Waals surface area (Å²) in [5.41, 5.74) is -1.59. The molecule has 140 valence electrons. The first-order valence-electron chi connectivity index (χ1n) is 8.24. The fourth-order valence-electron chi connectivity index (χ4n) is 2.92. The lowest BCUT2D eigenvalue weighted by atomic mass is 10.0. The topological polar surface area (TPSA) is 42.3 Å². The Morgan fingerprint density at radius 2 is 1.74 bits per heavy atom. The number of alkyl halides is 3. The first-order chi connectivity index (χ1) is 12.8. The van der Waals surface area contributed by atoms with Crippen LogP contribution in [0.5, 0.6) is 0 Å². The highest BCUT2D eigenvalue weighted by Gasteiger charge is 2.34. The van der Waals surface area contributed by atoms with Gasteiger partial charge in [0.15, 0.2) is 0 Å². The molecule has 2 aromatic carbocycles. The average molecular weight is 374 g/mol. The second kappa shape index (κ2) is 7.26. The fourth-order valence-corrected chi connectivity index (χ4v) is 2.92. The van der Waals surface area contributed by atoms with Gasteiger partial charge in [0.25, 0.3) is 5.56 Å². The molecule has 0 atom stereocenters. The first kappa shape index (κ1) is 18.7. The van der Waals surface area contributed by atoms with Crippen molar-refractivity contribution in [3.63, 3.8) is 0 Å². The van der Waals surface area contributed by atoms with Gasteiger partial charge in [0, 0.05) is 19.8 Å². The Morgan fingerprint density at radius 1 is 1.04 bits per heavy atom. The molecule has 0 saturated heterocycles. The summed E-state index contributed by atoms with van der Waals surface area (Å²) < 4.78 is 39.3. The number of benzene rings is 2. The van der Waals surface area contributed by atoms with Crippen LogP contribution in [0.15, 0.2) is 65.6 Å². The van der Waals surface area contributed by atoms with Crippen molar-refractivity contribution in [2.24, 2.45) is 0 Å². The summed E-state index contributed by atoms with van der Waals surface area (Å²) in [7, 11) is 1.56. The first-order valence-corrected chi connectivity index (χ1v) is 8.24. The number of fused-ring (bicyclic) bond motifs is 1. The summed E-state index contributed by atoms with van der Waals surface area (Å²) in [6, 6.07) is 15.3. The molecule has 0 aliphatic heterocycles. The Labute approximate surface area is 153 Å². The number of hydrogen-bond donors (Lipinski definition) is 0. The number of hydrogen-bond acceptors (Lipinski definition) is 2. The van der Waals surface area contributed by atoms with Crippen molar-refractivity contribution in [2.45, 2.75) is 19.3 Å². The van der Waals surface area contributed by atoms with Crippen molar-refractivity contribution in [2.75, 3.05) is 7.05 Å². The third kappa shape index (κ3) is 4.02. The number of aromatic nitrogens is 1. The average Bonchev–Trinajstić information content (AvgIpc) is 2.62. The molecule has 0 bridgehead atoms. The lowest BCUT2D eigenvalue weighted by molar-refractivity contribution is -0.139. The molecule has 27 heavy (non-hydrogen) atoms. The monoisotopic (exact) mass is 374 g/mol. The Balaban J connectivity index is 1.80. The number of carbonyl (C=O) groups excluding carboxylic acids is 1. The van der Waals surface area contributed by atoms with Crippen LogP contribution in [-0.4, -0.2) is 22.4 Å². The zero-order valence-corrected chi connectivity index (χ0v) is 14.5. The predicted octanol–water partition coefficient (Wildman–Crippen LogP) is 3.68. The third-order valence-electron chi connectivity index (χ3n) is 4.34. The van der Waals surface area contributed by atoms with Crippen LogP contribution >= 0.6 is 0 Å². The fraction of sp³-hybridized carbons (Fsp3) is 0.200. The van der Waals surface area contributed by atoms with Crippen LogP contribution in [0.2, 0.25) is 0 Å². The maximum absolute atomic E-state index is 12.9. The van der Waals surface area contributed by atoms with Crippen LogP contribution < -0.4 is 5.56 Å². The third-order valence-corrected chi connectivity index (χ3v) is 4.34. The normalized spacial score (nSPS) is 11.6. The summed E-state index contributed by atoms with van der Waals surface area (Å²) in [5, 5.41) is 2.03. The summed E-state index contributed by atoms with van der Waals surface area (Å²) in [4.78, 5) is 25.8. The van der Waals surface area contributed by atoms with Crippen molar-refractivity contribution in [1.82, 2.24) is 9.47 Å². The summed E-state index contributed by atoms with van der Waals surface area (Å²) in [6.07, 6.45) is -3.57. The van der Waals surface area contributed by atoms with E-state index < -0.39 is 29.8 Å². The van der Waals surface area contributed by atoms with Gasteiger partial charge in [-0.1, -0.05) is 42.5 Å². The Morgan fingerprint density at radius 3 is 2.48 bits per heavy atom. The molecule has 0 saturated carbocycles. The van der Waals surface area contributed by atoms with E-state index in [1.807, 2.05) is 42.5 Å². The molecular weight excluding hydrogens is 357 g/mol. The standard InChI is InChI=1S/C20H17F3N2O2/c1-24(12-15-8-4-7-14-6-2-3-9-16(14)15)18(26)13-25-11-5-10-17(19(25)27)20(21,22)23/h2-11H,12-13H2,1H3. The highest BCUT2D eigenvalue weighted by atomic mass is 19.4. The Bertz CT molecular complexity index is 1040. The van der Waals surface area contributed by atoms with Gasteiger partial charge in [0.05, 0.1) is 0 Å². The van der Waals surface area contributed by atoms with Gasteiger partial charge in [0.2, 0.25) is 5.91 Å². The predicted molar refractivity (Wildman–Crippen MR) is 96.1 cm³/mol. The highest BCUT2D eigenvalue weighted by molar-refractivity contribution is 5.86. The zero-order chi connectivity index (χ0) is 19.6. The summed E-state index contributed by atoms with van der Waals surface area (Å²) in [5.74, 6) is -0.454. The lowest BCUT2D eigenvalue weighted by Crippen LogP contribution is -2.35.